The van der Waals surface area contributed by atoms with Crippen molar-refractivity contribution < 1.29 is 14.1 Å². The van der Waals surface area contributed by atoms with E-state index in [2.05, 4.69) is 15.5 Å². The third-order valence-electron chi connectivity index (χ3n) is 3.67. The Morgan fingerprint density at radius 1 is 1.23 bits per heavy atom. The van der Waals surface area contributed by atoms with Crippen molar-refractivity contribution in [1.29, 1.82) is 0 Å². The van der Waals surface area contributed by atoms with E-state index >= 15 is 0 Å². The van der Waals surface area contributed by atoms with Crippen molar-refractivity contribution >= 4 is 44.2 Å². The quantitative estimate of drug-likeness (QED) is 0.542. The lowest BCUT2D eigenvalue weighted by Crippen LogP contribution is -2.11. The number of amides is 1. The number of methoxy groups -OCH3 is 1. The molecule has 1 N–H and O–H groups in total. The molecule has 130 valence electrons. The molecule has 2 aromatic carbocycles. The Morgan fingerprint density at radius 2 is 2.12 bits per heavy atom. The minimum absolute atomic E-state index is 0.164. The topological polar surface area (TPSA) is 77.2 Å². The van der Waals surface area contributed by atoms with Gasteiger partial charge in [-0.05, 0) is 30.3 Å². The number of nitrogens with zero attached hydrogens (tertiary/aromatic N) is 2. The summed E-state index contributed by atoms with van der Waals surface area (Å²) < 4.78 is 11.4. The lowest BCUT2D eigenvalue weighted by atomic mass is 10.1. The van der Waals surface area contributed by atoms with Crippen molar-refractivity contribution in [3.8, 4) is 17.1 Å². The minimum atomic E-state index is -0.395. The van der Waals surface area contributed by atoms with E-state index in [1.165, 1.54) is 11.3 Å². The molecule has 0 saturated heterocycles. The number of anilines is 1. The molecule has 0 fully saturated rings. The lowest BCUT2D eigenvalue weighted by molar-refractivity contribution is 0.101. The third kappa shape index (κ3) is 3.26. The van der Waals surface area contributed by atoms with Crippen LogP contribution in [0.2, 0.25) is 5.02 Å². The van der Waals surface area contributed by atoms with Gasteiger partial charge in [0.25, 0.3) is 5.91 Å². The summed E-state index contributed by atoms with van der Waals surface area (Å²) in [5, 5.41) is 7.62. The highest BCUT2D eigenvalue weighted by atomic mass is 35.5. The van der Waals surface area contributed by atoms with Crippen molar-refractivity contribution in [2.24, 2.45) is 0 Å². The monoisotopic (exact) mass is 385 g/mol. The van der Waals surface area contributed by atoms with E-state index in [0.29, 0.717) is 15.9 Å². The van der Waals surface area contributed by atoms with Gasteiger partial charge in [-0.2, -0.15) is 0 Å². The van der Waals surface area contributed by atoms with Crippen LogP contribution in [0.25, 0.3) is 21.5 Å². The van der Waals surface area contributed by atoms with Crippen LogP contribution in [0.15, 0.2) is 53.1 Å². The second kappa shape index (κ2) is 6.78. The first-order valence-electron chi connectivity index (χ1n) is 7.61. The molecule has 1 amide bonds. The van der Waals surface area contributed by atoms with E-state index in [1.807, 2.05) is 24.3 Å². The maximum Gasteiger partial charge on any atom is 0.279 e. The number of rotatable bonds is 4. The summed E-state index contributed by atoms with van der Waals surface area (Å²) in [5.41, 5.74) is 1.69. The molecule has 0 spiro atoms. The molecule has 6 nitrogen and oxygen atoms in total. The van der Waals surface area contributed by atoms with Gasteiger partial charge in [-0.15, -0.1) is 0 Å². The molecule has 2 heterocycles. The largest absolute Gasteiger partial charge is 0.497 e. The standard InChI is InChI=1S/C18H12ClN3O3S/c1-24-12-5-6-13-16(8-12)26-18(20-13)21-17(23)14-9-15(25-22-14)10-3-2-4-11(19)7-10/h2-9H,1H3,(H,20,21,23). The molecular formula is C18H12ClN3O3S. The van der Waals surface area contributed by atoms with Gasteiger partial charge in [0.05, 0.1) is 17.3 Å². The molecule has 26 heavy (non-hydrogen) atoms. The van der Waals surface area contributed by atoms with Gasteiger partial charge in [-0.25, -0.2) is 4.98 Å². The first-order chi connectivity index (χ1) is 12.6. The SMILES string of the molecule is COc1ccc2nc(NC(=O)c3cc(-c4cccc(Cl)c4)on3)sc2c1. The summed E-state index contributed by atoms with van der Waals surface area (Å²) in [6.45, 7) is 0. The molecule has 0 saturated carbocycles. The number of carbonyl (C=O) groups is 1. The van der Waals surface area contributed by atoms with Crippen LogP contribution in [0.1, 0.15) is 10.5 Å². The highest BCUT2D eigenvalue weighted by Crippen LogP contribution is 2.29. The van der Waals surface area contributed by atoms with E-state index in [0.717, 1.165) is 21.5 Å². The summed E-state index contributed by atoms with van der Waals surface area (Å²) in [6.07, 6.45) is 0. The number of thiazole rings is 1. The Kier molecular flexibility index (Phi) is 4.32. The van der Waals surface area contributed by atoms with Gasteiger partial charge in [0.2, 0.25) is 0 Å². The fourth-order valence-corrected chi connectivity index (χ4v) is 3.49. The predicted octanol–water partition coefficient (Wildman–Crippen LogP) is 4.87. The van der Waals surface area contributed by atoms with Crippen LogP contribution in [0.4, 0.5) is 5.13 Å². The van der Waals surface area contributed by atoms with Crippen molar-refractivity contribution in [1.82, 2.24) is 10.1 Å². The number of carbonyl (C=O) groups excluding carboxylic acids is 1. The minimum Gasteiger partial charge on any atom is -0.497 e. The molecule has 0 atom stereocenters. The summed E-state index contributed by atoms with van der Waals surface area (Å²) in [5.74, 6) is 0.807. The molecule has 8 heteroatoms. The van der Waals surface area contributed by atoms with Crippen LogP contribution in [0.3, 0.4) is 0 Å². The van der Waals surface area contributed by atoms with Crippen molar-refractivity contribution in [2.45, 2.75) is 0 Å². The highest BCUT2D eigenvalue weighted by molar-refractivity contribution is 7.22. The lowest BCUT2D eigenvalue weighted by Gasteiger charge is -1.96. The number of hydrogen-bond acceptors (Lipinski definition) is 6. The average Bonchev–Trinajstić information content (AvgIpc) is 3.27. The normalized spacial score (nSPS) is 10.8. The second-order valence-corrected chi connectivity index (χ2v) is 6.86. The molecule has 0 aliphatic carbocycles. The van der Waals surface area contributed by atoms with Gasteiger partial charge in [0.15, 0.2) is 16.6 Å². The van der Waals surface area contributed by atoms with E-state index < -0.39 is 5.91 Å². The van der Waals surface area contributed by atoms with Crippen LogP contribution in [0, 0.1) is 0 Å². The zero-order chi connectivity index (χ0) is 18.1. The number of aromatic nitrogens is 2. The van der Waals surface area contributed by atoms with Gasteiger partial charge < -0.3 is 9.26 Å². The Balaban J connectivity index is 1.55. The Hall–Kier alpha value is -2.90. The van der Waals surface area contributed by atoms with Gasteiger partial charge >= 0.3 is 0 Å². The molecule has 2 aromatic heterocycles. The van der Waals surface area contributed by atoms with Crippen LogP contribution in [-0.4, -0.2) is 23.2 Å². The molecular weight excluding hydrogens is 374 g/mol. The Bertz CT molecular complexity index is 1110. The molecule has 4 rings (SSSR count). The van der Waals surface area contributed by atoms with E-state index in [1.54, 1.807) is 31.4 Å². The van der Waals surface area contributed by atoms with E-state index in [9.17, 15) is 4.79 Å². The van der Waals surface area contributed by atoms with E-state index in [-0.39, 0.29) is 5.69 Å². The first-order valence-corrected chi connectivity index (χ1v) is 8.80. The fraction of sp³-hybridized carbons (Fsp3) is 0.0556. The summed E-state index contributed by atoms with van der Waals surface area (Å²) in [7, 11) is 1.60. The van der Waals surface area contributed by atoms with Crippen LogP contribution >= 0.6 is 22.9 Å². The summed E-state index contributed by atoms with van der Waals surface area (Å²) in [6, 6.07) is 14.2. The zero-order valence-electron chi connectivity index (χ0n) is 13.5. The highest BCUT2D eigenvalue weighted by Gasteiger charge is 2.16. The third-order valence-corrected chi connectivity index (χ3v) is 4.84. The Labute approximate surface area is 157 Å². The number of ether oxygens (including phenoxy) is 1. The number of hydrogen-bond donors (Lipinski definition) is 1. The number of fused-ring (bicyclic) bond motifs is 1. The maximum absolute atomic E-state index is 12.4. The number of benzene rings is 2. The maximum atomic E-state index is 12.4. The van der Waals surface area contributed by atoms with Gasteiger partial charge in [-0.3, -0.25) is 10.1 Å². The average molecular weight is 386 g/mol. The molecule has 0 bridgehead atoms. The molecule has 0 unspecified atom stereocenters. The molecule has 0 radical (unpaired) electrons. The van der Waals surface area contributed by atoms with Crippen LogP contribution < -0.4 is 10.1 Å². The predicted molar refractivity (Wildman–Crippen MR) is 101 cm³/mol. The molecule has 0 aliphatic heterocycles. The summed E-state index contributed by atoms with van der Waals surface area (Å²) >= 11 is 7.33. The van der Waals surface area contributed by atoms with Crippen LogP contribution in [-0.2, 0) is 0 Å². The smallest absolute Gasteiger partial charge is 0.279 e. The van der Waals surface area contributed by atoms with Gasteiger partial charge in [0, 0.05) is 16.7 Å². The van der Waals surface area contributed by atoms with Crippen molar-refractivity contribution in [3.63, 3.8) is 0 Å². The number of nitrogens with one attached hydrogen (secondary N) is 1. The second-order valence-electron chi connectivity index (χ2n) is 5.39. The van der Waals surface area contributed by atoms with Crippen LogP contribution in [0.5, 0.6) is 5.75 Å². The molecule has 0 aliphatic rings. The molecule has 4 aromatic rings. The van der Waals surface area contributed by atoms with Gasteiger partial charge in [-0.1, -0.05) is 40.2 Å². The van der Waals surface area contributed by atoms with E-state index in [4.69, 9.17) is 20.9 Å². The van der Waals surface area contributed by atoms with Crippen molar-refractivity contribution in [2.75, 3.05) is 12.4 Å². The summed E-state index contributed by atoms with van der Waals surface area (Å²) in [4.78, 5) is 16.8. The zero-order valence-corrected chi connectivity index (χ0v) is 15.1. The van der Waals surface area contributed by atoms with Gasteiger partial charge in [0.1, 0.15) is 5.75 Å². The Morgan fingerprint density at radius 3 is 2.92 bits per heavy atom. The number of halogens is 1. The fourth-order valence-electron chi connectivity index (χ4n) is 2.41. The first kappa shape index (κ1) is 16.6. The van der Waals surface area contributed by atoms with Crippen molar-refractivity contribution in [3.05, 3.63) is 59.2 Å².